The molecule has 0 aromatic heterocycles. The average Bonchev–Trinajstić information content (AvgIpc) is 1.80. The monoisotopic (exact) mass is 126 g/mol. The summed E-state index contributed by atoms with van der Waals surface area (Å²) in [7, 11) is 0. The van der Waals surface area contributed by atoms with Crippen LogP contribution in [0.25, 0.3) is 0 Å². The van der Waals surface area contributed by atoms with Gasteiger partial charge in [-0.2, -0.15) is 0 Å². The molecule has 53 valence electrons. The van der Waals surface area contributed by atoms with E-state index in [1.54, 1.807) is 0 Å². The summed E-state index contributed by atoms with van der Waals surface area (Å²) in [5, 5.41) is 0. The molecular weight excluding hydrogens is 110 g/mol. The molecule has 0 aliphatic heterocycles. The number of allylic oxidation sites excluding steroid dienone is 1. The standard InChI is InChI=1S/C8H16N/c1-3-4-5-6-7-8(2)9/h6-9H,3-5H2,1-2H3. The first-order valence-corrected chi connectivity index (χ1v) is 3.65. The zero-order chi connectivity index (χ0) is 7.11. The van der Waals surface area contributed by atoms with Gasteiger partial charge in [-0.3, -0.25) is 5.73 Å². The molecule has 1 N–H and O–H groups in total. The molecule has 1 radical (unpaired) electrons. The van der Waals surface area contributed by atoms with E-state index in [4.69, 9.17) is 5.73 Å². The second-order valence-electron chi connectivity index (χ2n) is 2.36. The lowest BCUT2D eigenvalue weighted by Gasteiger charge is -1.91. The maximum absolute atomic E-state index is 7.13. The fraction of sp³-hybridized carbons (Fsp3) is 0.750. The summed E-state index contributed by atoms with van der Waals surface area (Å²) in [6.45, 7) is 4.06. The van der Waals surface area contributed by atoms with E-state index in [0.29, 0.717) is 0 Å². The Kier molecular flexibility index (Phi) is 5.64. The summed E-state index contributed by atoms with van der Waals surface area (Å²) in [5.74, 6) is 0. The normalized spacial score (nSPS) is 14.6. The van der Waals surface area contributed by atoms with E-state index in [0.717, 1.165) is 6.42 Å². The van der Waals surface area contributed by atoms with Crippen molar-refractivity contribution >= 4 is 0 Å². The summed E-state index contributed by atoms with van der Waals surface area (Å²) >= 11 is 0. The van der Waals surface area contributed by atoms with E-state index in [9.17, 15) is 0 Å². The second-order valence-corrected chi connectivity index (χ2v) is 2.36. The van der Waals surface area contributed by atoms with Gasteiger partial charge in [0.05, 0.1) is 0 Å². The van der Waals surface area contributed by atoms with Crippen LogP contribution in [0.15, 0.2) is 12.2 Å². The summed E-state index contributed by atoms with van der Waals surface area (Å²) in [4.78, 5) is 0. The van der Waals surface area contributed by atoms with Crippen molar-refractivity contribution < 1.29 is 0 Å². The van der Waals surface area contributed by atoms with E-state index >= 15 is 0 Å². The number of hydrogen-bond donors (Lipinski definition) is 0. The highest BCUT2D eigenvalue weighted by atomic mass is 14.6. The van der Waals surface area contributed by atoms with Crippen LogP contribution in [0.4, 0.5) is 0 Å². The maximum Gasteiger partial charge on any atom is 0.0364 e. The lowest BCUT2D eigenvalue weighted by molar-refractivity contribution is 0.804. The third-order valence-corrected chi connectivity index (χ3v) is 1.15. The number of rotatable bonds is 4. The molecule has 0 saturated carbocycles. The van der Waals surface area contributed by atoms with Crippen LogP contribution in [0.5, 0.6) is 0 Å². The van der Waals surface area contributed by atoms with Crippen molar-refractivity contribution in [3.05, 3.63) is 12.2 Å². The lowest BCUT2D eigenvalue weighted by atomic mass is 10.2. The molecular formula is C8H16N. The second kappa shape index (κ2) is 5.83. The molecule has 0 rings (SSSR count). The van der Waals surface area contributed by atoms with Gasteiger partial charge in [-0.1, -0.05) is 31.9 Å². The highest BCUT2D eigenvalue weighted by Crippen LogP contribution is 1.95. The van der Waals surface area contributed by atoms with Crippen LogP contribution in [0, 0.1) is 0 Å². The Morgan fingerprint density at radius 3 is 2.67 bits per heavy atom. The first-order valence-electron chi connectivity index (χ1n) is 3.65. The van der Waals surface area contributed by atoms with Crippen molar-refractivity contribution in [2.45, 2.75) is 39.2 Å². The predicted molar refractivity (Wildman–Crippen MR) is 41.2 cm³/mol. The fourth-order valence-corrected chi connectivity index (χ4v) is 0.622. The molecule has 1 unspecified atom stereocenters. The van der Waals surface area contributed by atoms with Gasteiger partial charge in [-0.15, -0.1) is 0 Å². The minimum absolute atomic E-state index is 0.0261. The topological polar surface area (TPSA) is 23.8 Å². The van der Waals surface area contributed by atoms with E-state index in [-0.39, 0.29) is 6.04 Å². The van der Waals surface area contributed by atoms with Gasteiger partial charge in [0.15, 0.2) is 0 Å². The van der Waals surface area contributed by atoms with Crippen LogP contribution in [0.1, 0.15) is 33.1 Å². The maximum atomic E-state index is 7.13. The third-order valence-electron chi connectivity index (χ3n) is 1.15. The van der Waals surface area contributed by atoms with E-state index in [2.05, 4.69) is 13.0 Å². The molecule has 1 atom stereocenters. The predicted octanol–water partition coefficient (Wildman–Crippen LogP) is 2.40. The van der Waals surface area contributed by atoms with E-state index < -0.39 is 0 Å². The number of hydrogen-bond acceptors (Lipinski definition) is 0. The van der Waals surface area contributed by atoms with Gasteiger partial charge in [-0.25, -0.2) is 0 Å². The van der Waals surface area contributed by atoms with Crippen molar-refractivity contribution in [3.8, 4) is 0 Å². The van der Waals surface area contributed by atoms with Gasteiger partial charge in [0.25, 0.3) is 0 Å². The Balaban J connectivity index is 3.04. The van der Waals surface area contributed by atoms with Crippen molar-refractivity contribution in [1.29, 1.82) is 0 Å². The van der Waals surface area contributed by atoms with Crippen LogP contribution in [0.2, 0.25) is 0 Å². The van der Waals surface area contributed by atoms with Crippen molar-refractivity contribution in [2.75, 3.05) is 0 Å². The summed E-state index contributed by atoms with van der Waals surface area (Å²) in [6.07, 6.45) is 7.68. The average molecular weight is 126 g/mol. The van der Waals surface area contributed by atoms with Crippen molar-refractivity contribution in [3.63, 3.8) is 0 Å². The zero-order valence-electron chi connectivity index (χ0n) is 6.35. The summed E-state index contributed by atoms with van der Waals surface area (Å²) in [5.41, 5.74) is 7.13. The molecule has 0 aliphatic rings. The molecule has 0 spiro atoms. The van der Waals surface area contributed by atoms with Crippen LogP contribution < -0.4 is 5.73 Å². The first kappa shape index (κ1) is 8.70. The van der Waals surface area contributed by atoms with E-state index in [1.165, 1.54) is 12.8 Å². The molecule has 0 saturated heterocycles. The molecule has 1 nitrogen and oxygen atoms in total. The van der Waals surface area contributed by atoms with Crippen LogP contribution in [0.3, 0.4) is 0 Å². The zero-order valence-corrected chi connectivity index (χ0v) is 6.35. The van der Waals surface area contributed by atoms with E-state index in [1.807, 2.05) is 13.0 Å². The molecule has 1 heteroatoms. The van der Waals surface area contributed by atoms with Gasteiger partial charge >= 0.3 is 0 Å². The molecule has 0 amide bonds. The number of unbranched alkanes of at least 4 members (excludes halogenated alkanes) is 2. The van der Waals surface area contributed by atoms with Gasteiger partial charge in [0.2, 0.25) is 0 Å². The smallest absolute Gasteiger partial charge is 0.0364 e. The minimum Gasteiger partial charge on any atom is -0.251 e. The highest BCUT2D eigenvalue weighted by Gasteiger charge is 1.82. The fourth-order valence-electron chi connectivity index (χ4n) is 0.622. The molecule has 0 bridgehead atoms. The summed E-state index contributed by atoms with van der Waals surface area (Å²) in [6, 6.07) is -0.0261. The Morgan fingerprint density at radius 1 is 1.56 bits per heavy atom. The molecule has 0 aromatic rings. The lowest BCUT2D eigenvalue weighted by Crippen LogP contribution is -1.94. The van der Waals surface area contributed by atoms with Crippen LogP contribution in [-0.4, -0.2) is 6.04 Å². The highest BCUT2D eigenvalue weighted by molar-refractivity contribution is 4.87. The van der Waals surface area contributed by atoms with Gasteiger partial charge in [0.1, 0.15) is 0 Å². The Hall–Kier alpha value is -0.300. The van der Waals surface area contributed by atoms with Gasteiger partial charge in [0, 0.05) is 6.04 Å². The minimum atomic E-state index is -0.0261. The Morgan fingerprint density at radius 2 is 2.22 bits per heavy atom. The number of nitrogens with one attached hydrogen (secondary N) is 1. The van der Waals surface area contributed by atoms with Crippen LogP contribution in [-0.2, 0) is 0 Å². The SMILES string of the molecule is CCCCC=CC(C)[NH]. The molecule has 0 heterocycles. The first-order chi connectivity index (χ1) is 4.27. The molecule has 0 aliphatic carbocycles. The molecule has 0 aromatic carbocycles. The summed E-state index contributed by atoms with van der Waals surface area (Å²) < 4.78 is 0. The quantitative estimate of drug-likeness (QED) is 0.408. The van der Waals surface area contributed by atoms with Crippen molar-refractivity contribution in [1.82, 2.24) is 5.73 Å². The van der Waals surface area contributed by atoms with Crippen molar-refractivity contribution in [2.24, 2.45) is 0 Å². The van der Waals surface area contributed by atoms with Gasteiger partial charge in [-0.05, 0) is 13.3 Å². The largest absolute Gasteiger partial charge is 0.251 e. The van der Waals surface area contributed by atoms with Gasteiger partial charge < -0.3 is 0 Å². The molecule has 9 heavy (non-hydrogen) atoms. The van der Waals surface area contributed by atoms with Crippen LogP contribution >= 0.6 is 0 Å². The molecule has 0 fully saturated rings. The third kappa shape index (κ3) is 7.70. The Bertz CT molecular complexity index is 74.6. The Labute approximate surface area is 57.9 Å².